The van der Waals surface area contributed by atoms with Gasteiger partial charge >= 0.3 is 0 Å². The first kappa shape index (κ1) is 21.2. The second-order valence-electron chi connectivity index (χ2n) is 5.55. The van der Waals surface area contributed by atoms with Crippen molar-refractivity contribution in [1.29, 1.82) is 0 Å². The number of hydrogen-bond donors (Lipinski definition) is 2. The van der Waals surface area contributed by atoms with E-state index in [1.807, 2.05) is 13.2 Å². The Morgan fingerprint density at radius 3 is 2.67 bits per heavy atom. The van der Waals surface area contributed by atoms with Crippen molar-refractivity contribution in [1.82, 2.24) is 19.9 Å². The number of aromatic nitrogens is 3. The minimum absolute atomic E-state index is 0. The van der Waals surface area contributed by atoms with E-state index in [0.29, 0.717) is 33.7 Å². The first-order valence-corrected chi connectivity index (χ1v) is 8.58. The molecule has 8 nitrogen and oxygen atoms in total. The van der Waals surface area contributed by atoms with Crippen molar-refractivity contribution >= 4 is 55.7 Å². The first-order chi connectivity index (χ1) is 12.4. The van der Waals surface area contributed by atoms with E-state index >= 15 is 0 Å². The molecule has 0 saturated heterocycles. The fraction of sp³-hybridized carbons (Fsp3) is 0.118. The number of aryl methyl sites for hydroxylation is 2. The molecular formula is C17H13IN5O3W-. The van der Waals surface area contributed by atoms with Crippen LogP contribution in [0.15, 0.2) is 30.7 Å². The molecule has 0 spiro atoms. The summed E-state index contributed by atoms with van der Waals surface area (Å²) in [4.78, 5) is 38.4. The van der Waals surface area contributed by atoms with Crippen molar-refractivity contribution in [2.24, 2.45) is 0 Å². The summed E-state index contributed by atoms with van der Waals surface area (Å²) in [5.74, 6) is 0.00150. The number of nitrogens with one attached hydrogen (secondary N) is 2. The standard InChI is InChI=1S/C17H13IN5O3.W/c1-9-3-4-11(16(25)22-17(18)26)5-13(9)21-15-14-10(2)12(7-24)6-23(14)20-8-19-15;/h3-6,8H,1-2H3,(H,19,20,21)(H,22,25,26);/q-1;. The number of imide groups is 1. The molecule has 0 radical (unpaired) electrons. The van der Waals surface area contributed by atoms with Crippen molar-refractivity contribution in [3.63, 3.8) is 0 Å². The van der Waals surface area contributed by atoms with E-state index in [9.17, 15) is 14.4 Å². The number of fused-ring (bicyclic) bond motifs is 1. The summed E-state index contributed by atoms with van der Waals surface area (Å²) < 4.78 is 1.09. The first-order valence-electron chi connectivity index (χ1n) is 7.50. The van der Waals surface area contributed by atoms with Gasteiger partial charge in [0.05, 0.1) is 6.29 Å². The molecule has 0 aliphatic rings. The van der Waals surface area contributed by atoms with Crippen LogP contribution in [0.2, 0.25) is 0 Å². The molecule has 2 aromatic heterocycles. The van der Waals surface area contributed by atoms with Crippen LogP contribution in [0, 0.1) is 13.8 Å². The van der Waals surface area contributed by atoms with E-state index in [2.05, 4.69) is 20.7 Å². The van der Waals surface area contributed by atoms with E-state index < -0.39 is 9.82 Å². The fourth-order valence-corrected chi connectivity index (χ4v) is 2.79. The third kappa shape index (κ3) is 4.41. The molecule has 0 fully saturated rings. The average molecular weight is 646 g/mol. The number of carbonyl (C=O) groups excluding carboxylic acids is 3. The van der Waals surface area contributed by atoms with Gasteiger partial charge in [-0.2, -0.15) is 5.10 Å². The fourth-order valence-electron chi connectivity index (χ4n) is 2.54. The summed E-state index contributed by atoms with van der Waals surface area (Å²) in [5, 5.41) is 9.50. The molecule has 0 aliphatic heterocycles. The number of halogens is 1. The van der Waals surface area contributed by atoms with E-state index in [-0.39, 0.29) is 21.1 Å². The predicted octanol–water partition coefficient (Wildman–Crippen LogP) is 2.83. The molecule has 3 rings (SSSR count). The van der Waals surface area contributed by atoms with Crippen LogP contribution >= 0.6 is 22.6 Å². The van der Waals surface area contributed by atoms with Gasteiger partial charge in [0.1, 0.15) is 12.1 Å². The van der Waals surface area contributed by atoms with Gasteiger partial charge in [-0.15, -0.1) is 11.1 Å². The predicted molar refractivity (Wildman–Crippen MR) is 104 cm³/mol. The van der Waals surface area contributed by atoms with E-state index in [1.165, 1.54) is 28.9 Å². The molecule has 2 N–H and O–H groups in total. The molecule has 27 heavy (non-hydrogen) atoms. The van der Waals surface area contributed by atoms with Crippen molar-refractivity contribution < 1.29 is 35.4 Å². The normalized spacial score (nSPS) is 10.2. The van der Waals surface area contributed by atoms with Gasteiger partial charge < -0.3 is 14.6 Å². The number of amides is 2. The van der Waals surface area contributed by atoms with Crippen LogP contribution < -0.4 is 10.6 Å². The molecular weight excluding hydrogens is 633 g/mol. The molecule has 10 heteroatoms. The topological polar surface area (TPSA) is 105 Å². The molecule has 138 valence electrons. The van der Waals surface area contributed by atoms with Gasteiger partial charge in [0.2, 0.25) is 0 Å². The van der Waals surface area contributed by atoms with Gasteiger partial charge in [-0.25, -0.2) is 4.98 Å². The molecule has 0 aliphatic carbocycles. The second-order valence-corrected chi connectivity index (χ2v) is 6.53. The Labute approximate surface area is 182 Å². The third-order valence-electron chi connectivity index (χ3n) is 3.90. The van der Waals surface area contributed by atoms with Crippen LogP contribution in [0.1, 0.15) is 27.0 Å². The maximum atomic E-state index is 12.0. The molecule has 2 heterocycles. The Kier molecular flexibility index (Phi) is 6.83. The summed E-state index contributed by atoms with van der Waals surface area (Å²) in [5.41, 5.74) is 3.61. The van der Waals surface area contributed by atoms with E-state index in [1.54, 1.807) is 35.8 Å². The Morgan fingerprint density at radius 1 is 1.26 bits per heavy atom. The molecule has 0 saturated carbocycles. The maximum absolute atomic E-state index is 12.0. The number of benzene rings is 1. The van der Waals surface area contributed by atoms with E-state index in [4.69, 9.17) is 0 Å². The Hall–Kier alpha value is -2.13. The molecule has 2 amide bonds. The van der Waals surface area contributed by atoms with Crippen molar-refractivity contribution in [3.8, 4) is 0 Å². The van der Waals surface area contributed by atoms with Gasteiger partial charge in [-0.05, 0) is 24.6 Å². The summed E-state index contributed by atoms with van der Waals surface area (Å²) in [7, 11) is 0. The van der Waals surface area contributed by atoms with Crippen LogP contribution in [0.4, 0.5) is 16.3 Å². The number of anilines is 2. The van der Waals surface area contributed by atoms with E-state index in [0.717, 1.165) is 5.56 Å². The SMILES string of the molecule is Cc1ccc(C(=O)NC(=O)I)cc1Nc1ncnn2cc([C-]=O)c(C)c12.[W]. The number of carbonyl (C=O) groups is 2. The summed E-state index contributed by atoms with van der Waals surface area (Å²) in [6, 6.07) is 5.03. The Bertz CT molecular complexity index is 1050. The minimum Gasteiger partial charge on any atom is -0.376 e. The number of hydrogen-bond acceptors (Lipinski definition) is 6. The van der Waals surface area contributed by atoms with Crippen LogP contribution in [-0.4, -0.2) is 30.7 Å². The zero-order chi connectivity index (χ0) is 18.8. The summed E-state index contributed by atoms with van der Waals surface area (Å²) in [6.45, 7) is 3.66. The molecule has 0 atom stereocenters. The van der Waals surface area contributed by atoms with Crippen LogP contribution in [0.5, 0.6) is 0 Å². The molecule has 0 bridgehead atoms. The van der Waals surface area contributed by atoms with Crippen molar-refractivity contribution in [2.45, 2.75) is 13.8 Å². The van der Waals surface area contributed by atoms with Crippen LogP contribution in [-0.2, 0) is 25.9 Å². The quantitative estimate of drug-likeness (QED) is 0.196. The maximum Gasteiger partial charge on any atom is 0.287 e. The number of rotatable bonds is 4. The van der Waals surface area contributed by atoms with Gasteiger partial charge in [-0.3, -0.25) is 14.9 Å². The average Bonchev–Trinajstić information content (AvgIpc) is 2.93. The Balaban J connectivity index is 0.00000261. The molecule has 0 unspecified atom stereocenters. The van der Waals surface area contributed by atoms with Gasteiger partial charge in [0.15, 0.2) is 0 Å². The molecule has 1 aromatic carbocycles. The van der Waals surface area contributed by atoms with Gasteiger partial charge in [-0.1, -0.05) is 19.2 Å². The Morgan fingerprint density at radius 2 is 2.00 bits per heavy atom. The summed E-state index contributed by atoms with van der Waals surface area (Å²) in [6.07, 6.45) is 4.82. The minimum atomic E-state index is -0.489. The van der Waals surface area contributed by atoms with Gasteiger partial charge in [0, 0.05) is 60.4 Å². The van der Waals surface area contributed by atoms with Crippen molar-refractivity contribution in [2.75, 3.05) is 5.32 Å². The second kappa shape index (κ2) is 8.70. The third-order valence-corrected chi connectivity index (χ3v) is 4.17. The van der Waals surface area contributed by atoms with Crippen molar-refractivity contribution in [3.05, 3.63) is 53.0 Å². The number of nitrogens with zero attached hydrogens (tertiary/aromatic N) is 3. The van der Waals surface area contributed by atoms with Crippen LogP contribution in [0.25, 0.3) is 5.52 Å². The zero-order valence-corrected chi connectivity index (χ0v) is 19.3. The monoisotopic (exact) mass is 646 g/mol. The summed E-state index contributed by atoms with van der Waals surface area (Å²) >= 11 is 1.50. The van der Waals surface area contributed by atoms with Gasteiger partial charge in [0.25, 0.3) is 9.82 Å². The zero-order valence-electron chi connectivity index (χ0n) is 14.2. The van der Waals surface area contributed by atoms with Crippen LogP contribution in [0.3, 0.4) is 0 Å². The largest absolute Gasteiger partial charge is 0.376 e. The smallest absolute Gasteiger partial charge is 0.287 e. The molecule has 3 aromatic rings.